The number of nitrogens with zero attached hydrogens (tertiary/aromatic N) is 1. The zero-order chi connectivity index (χ0) is 15.8. The number of rotatable bonds is 7. The molecule has 0 saturated heterocycles. The summed E-state index contributed by atoms with van der Waals surface area (Å²) in [5, 5.41) is 5.97. The first-order chi connectivity index (χ1) is 10.7. The summed E-state index contributed by atoms with van der Waals surface area (Å²) in [5.41, 5.74) is 2.84. The average molecular weight is 299 g/mol. The van der Waals surface area contributed by atoms with Crippen LogP contribution in [-0.2, 0) is 16.0 Å². The van der Waals surface area contributed by atoms with Crippen LogP contribution in [0.4, 0.5) is 11.5 Å². The van der Waals surface area contributed by atoms with Crippen LogP contribution in [0.2, 0.25) is 0 Å². The molecule has 0 radical (unpaired) electrons. The summed E-state index contributed by atoms with van der Waals surface area (Å²) in [6, 6.07) is 11.6. The second kappa shape index (κ2) is 8.14. The van der Waals surface area contributed by atoms with Crippen molar-refractivity contribution in [2.75, 3.05) is 30.9 Å². The van der Waals surface area contributed by atoms with Crippen molar-refractivity contribution in [1.82, 2.24) is 4.98 Å². The molecule has 0 aliphatic heterocycles. The summed E-state index contributed by atoms with van der Waals surface area (Å²) >= 11 is 0. The Morgan fingerprint density at radius 3 is 2.82 bits per heavy atom. The first-order valence-electron chi connectivity index (χ1n) is 7.21. The molecule has 116 valence electrons. The van der Waals surface area contributed by atoms with Gasteiger partial charge in [0.05, 0.1) is 24.9 Å². The Morgan fingerprint density at radius 1 is 1.27 bits per heavy atom. The van der Waals surface area contributed by atoms with Gasteiger partial charge in [0.25, 0.3) is 0 Å². The molecule has 5 nitrogen and oxygen atoms in total. The number of anilines is 2. The molecule has 0 aliphatic carbocycles. The lowest BCUT2D eigenvalue weighted by atomic mass is 10.1. The van der Waals surface area contributed by atoms with Crippen LogP contribution in [0.3, 0.4) is 0 Å². The molecule has 2 rings (SSSR count). The van der Waals surface area contributed by atoms with Gasteiger partial charge in [0, 0.05) is 13.7 Å². The molecule has 0 atom stereocenters. The highest BCUT2D eigenvalue weighted by Crippen LogP contribution is 2.11. The number of hydrogen-bond donors (Lipinski definition) is 2. The molecule has 0 unspecified atom stereocenters. The second-order valence-corrected chi connectivity index (χ2v) is 5.07. The maximum absolute atomic E-state index is 12.0. The Balaban J connectivity index is 1.86. The number of aromatic nitrogens is 1. The maximum atomic E-state index is 12.0. The zero-order valence-corrected chi connectivity index (χ0v) is 12.9. The number of nitrogens with one attached hydrogen (secondary N) is 2. The van der Waals surface area contributed by atoms with Gasteiger partial charge in [-0.2, -0.15) is 0 Å². The van der Waals surface area contributed by atoms with Gasteiger partial charge in [0.1, 0.15) is 5.82 Å². The number of pyridine rings is 1. The first-order valence-corrected chi connectivity index (χ1v) is 7.21. The van der Waals surface area contributed by atoms with Gasteiger partial charge in [-0.25, -0.2) is 4.98 Å². The van der Waals surface area contributed by atoms with Gasteiger partial charge in [-0.15, -0.1) is 0 Å². The smallest absolute Gasteiger partial charge is 0.228 e. The second-order valence-electron chi connectivity index (χ2n) is 5.07. The highest BCUT2D eigenvalue weighted by atomic mass is 16.5. The van der Waals surface area contributed by atoms with Crippen molar-refractivity contribution in [2.45, 2.75) is 13.3 Å². The third-order valence-electron chi connectivity index (χ3n) is 3.11. The molecule has 0 fully saturated rings. The number of benzene rings is 1. The van der Waals surface area contributed by atoms with Crippen LogP contribution in [0.15, 0.2) is 42.6 Å². The van der Waals surface area contributed by atoms with Crippen LogP contribution in [0, 0.1) is 6.92 Å². The lowest BCUT2D eigenvalue weighted by Crippen LogP contribution is -2.15. The minimum Gasteiger partial charge on any atom is -0.383 e. The minimum atomic E-state index is -0.0486. The summed E-state index contributed by atoms with van der Waals surface area (Å²) in [7, 11) is 1.65. The summed E-state index contributed by atoms with van der Waals surface area (Å²) in [6.07, 6.45) is 2.00. The van der Waals surface area contributed by atoms with Crippen molar-refractivity contribution in [2.24, 2.45) is 0 Å². The lowest BCUT2D eigenvalue weighted by molar-refractivity contribution is -0.115. The SMILES string of the molecule is COCCNc1ccc(NC(=O)Cc2cccc(C)c2)cn1. The molecule has 2 N–H and O–H groups in total. The number of carbonyl (C=O) groups excluding carboxylic acids is 1. The predicted octanol–water partition coefficient (Wildman–Crippen LogP) is 2.63. The predicted molar refractivity (Wildman–Crippen MR) is 88.1 cm³/mol. The average Bonchev–Trinajstić information content (AvgIpc) is 2.49. The molecule has 22 heavy (non-hydrogen) atoms. The zero-order valence-electron chi connectivity index (χ0n) is 12.9. The minimum absolute atomic E-state index is 0.0486. The van der Waals surface area contributed by atoms with E-state index in [2.05, 4.69) is 15.6 Å². The number of hydrogen-bond acceptors (Lipinski definition) is 4. The van der Waals surface area contributed by atoms with Gasteiger partial charge in [0.2, 0.25) is 5.91 Å². The summed E-state index contributed by atoms with van der Waals surface area (Å²) in [5.74, 6) is 0.709. The summed E-state index contributed by atoms with van der Waals surface area (Å²) < 4.78 is 4.96. The standard InChI is InChI=1S/C17H21N3O2/c1-13-4-3-5-14(10-13)11-17(21)20-15-6-7-16(19-12-15)18-8-9-22-2/h3-7,10,12H,8-9,11H2,1-2H3,(H,18,19)(H,20,21). The van der Waals surface area contributed by atoms with Crippen molar-refractivity contribution in [3.8, 4) is 0 Å². The van der Waals surface area contributed by atoms with E-state index in [9.17, 15) is 4.79 Å². The normalized spacial score (nSPS) is 10.3. The fourth-order valence-corrected chi connectivity index (χ4v) is 2.07. The van der Waals surface area contributed by atoms with Crippen molar-refractivity contribution < 1.29 is 9.53 Å². The highest BCUT2D eigenvalue weighted by molar-refractivity contribution is 5.92. The van der Waals surface area contributed by atoms with Crippen LogP contribution >= 0.6 is 0 Å². The number of carbonyl (C=O) groups is 1. The quantitative estimate of drug-likeness (QED) is 0.772. The van der Waals surface area contributed by atoms with Gasteiger partial charge >= 0.3 is 0 Å². The molecule has 5 heteroatoms. The number of aryl methyl sites for hydroxylation is 1. The topological polar surface area (TPSA) is 63.2 Å². The van der Waals surface area contributed by atoms with E-state index in [-0.39, 0.29) is 5.91 Å². The number of ether oxygens (including phenoxy) is 1. The van der Waals surface area contributed by atoms with E-state index in [4.69, 9.17) is 4.74 Å². The third-order valence-corrected chi connectivity index (χ3v) is 3.11. The fourth-order valence-electron chi connectivity index (χ4n) is 2.07. The van der Waals surface area contributed by atoms with Crippen LogP contribution in [0.5, 0.6) is 0 Å². The lowest BCUT2D eigenvalue weighted by Gasteiger charge is -2.08. The van der Waals surface area contributed by atoms with E-state index < -0.39 is 0 Å². The molecule has 1 aromatic heterocycles. The molecule has 0 spiro atoms. The molecule has 1 heterocycles. The van der Waals surface area contributed by atoms with Gasteiger partial charge in [-0.05, 0) is 24.6 Å². The monoisotopic (exact) mass is 299 g/mol. The Hall–Kier alpha value is -2.40. The van der Waals surface area contributed by atoms with E-state index in [1.54, 1.807) is 13.3 Å². The Labute approximate surface area is 130 Å². The van der Waals surface area contributed by atoms with Crippen LogP contribution in [0.1, 0.15) is 11.1 Å². The number of amides is 1. The van der Waals surface area contributed by atoms with E-state index in [0.29, 0.717) is 25.3 Å². The Morgan fingerprint density at radius 2 is 2.14 bits per heavy atom. The third kappa shape index (κ3) is 5.18. The molecule has 0 bridgehead atoms. The van der Waals surface area contributed by atoms with Gasteiger partial charge in [-0.3, -0.25) is 4.79 Å². The van der Waals surface area contributed by atoms with Crippen LogP contribution in [0.25, 0.3) is 0 Å². The Bertz CT molecular complexity index is 612. The van der Waals surface area contributed by atoms with Gasteiger partial charge in [-0.1, -0.05) is 29.8 Å². The van der Waals surface area contributed by atoms with Crippen LogP contribution < -0.4 is 10.6 Å². The summed E-state index contributed by atoms with van der Waals surface area (Å²) in [6.45, 7) is 3.33. The Kier molecular flexibility index (Phi) is 5.91. The molecular weight excluding hydrogens is 278 g/mol. The van der Waals surface area contributed by atoms with E-state index >= 15 is 0 Å². The highest BCUT2D eigenvalue weighted by Gasteiger charge is 2.05. The van der Waals surface area contributed by atoms with E-state index in [0.717, 1.165) is 16.9 Å². The largest absolute Gasteiger partial charge is 0.383 e. The van der Waals surface area contributed by atoms with Crippen molar-refractivity contribution in [3.63, 3.8) is 0 Å². The van der Waals surface area contributed by atoms with Crippen molar-refractivity contribution >= 4 is 17.4 Å². The van der Waals surface area contributed by atoms with Crippen molar-refractivity contribution in [3.05, 3.63) is 53.7 Å². The molecule has 0 aliphatic rings. The molecule has 1 aromatic carbocycles. The fraction of sp³-hybridized carbons (Fsp3) is 0.294. The number of methoxy groups -OCH3 is 1. The molecule has 2 aromatic rings. The first kappa shape index (κ1) is 16.0. The molecule has 1 amide bonds. The van der Waals surface area contributed by atoms with Crippen molar-refractivity contribution in [1.29, 1.82) is 0 Å². The van der Waals surface area contributed by atoms with Crippen LogP contribution in [-0.4, -0.2) is 31.2 Å². The summed E-state index contributed by atoms with van der Waals surface area (Å²) in [4.78, 5) is 16.3. The van der Waals surface area contributed by atoms with Gasteiger partial charge in [0.15, 0.2) is 0 Å². The van der Waals surface area contributed by atoms with Gasteiger partial charge < -0.3 is 15.4 Å². The van der Waals surface area contributed by atoms with E-state index in [1.807, 2.05) is 43.3 Å². The maximum Gasteiger partial charge on any atom is 0.228 e. The molecule has 0 saturated carbocycles. The molecular formula is C17H21N3O2. The van der Waals surface area contributed by atoms with E-state index in [1.165, 1.54) is 0 Å².